The first-order valence-electron chi connectivity index (χ1n) is 5.99. The zero-order valence-corrected chi connectivity index (χ0v) is 11.1. The van der Waals surface area contributed by atoms with Gasteiger partial charge in [0.2, 0.25) is 0 Å². The van der Waals surface area contributed by atoms with E-state index in [1.54, 1.807) is 5.43 Å². The number of anilines is 1. The lowest BCUT2D eigenvalue weighted by Gasteiger charge is -2.06. The molecule has 2 aromatic carbocycles. The second kappa shape index (κ2) is 6.27. The van der Waals surface area contributed by atoms with E-state index < -0.39 is 40.7 Å². The highest BCUT2D eigenvalue weighted by molar-refractivity contribution is 5.80. The van der Waals surface area contributed by atoms with E-state index in [0.29, 0.717) is 0 Å². The van der Waals surface area contributed by atoms with Gasteiger partial charge in [0.1, 0.15) is 5.69 Å². The van der Waals surface area contributed by atoms with Crippen LogP contribution in [-0.2, 0) is 6.18 Å². The van der Waals surface area contributed by atoms with Crippen molar-refractivity contribution in [3.63, 3.8) is 0 Å². The Labute approximate surface area is 125 Å². The lowest BCUT2D eigenvalue weighted by molar-refractivity contribution is -0.137. The molecule has 9 heteroatoms. The van der Waals surface area contributed by atoms with Crippen molar-refractivity contribution in [1.29, 1.82) is 0 Å². The first-order chi connectivity index (χ1) is 10.7. The maximum atomic E-state index is 13.3. The van der Waals surface area contributed by atoms with Crippen LogP contribution in [0, 0.1) is 23.3 Å². The molecule has 0 aliphatic heterocycles. The molecule has 0 atom stereocenters. The summed E-state index contributed by atoms with van der Waals surface area (Å²) >= 11 is 0. The van der Waals surface area contributed by atoms with Gasteiger partial charge in [-0.05, 0) is 17.7 Å². The van der Waals surface area contributed by atoms with Crippen LogP contribution in [0.4, 0.5) is 36.4 Å². The van der Waals surface area contributed by atoms with E-state index in [2.05, 4.69) is 5.10 Å². The molecule has 0 amide bonds. The minimum Gasteiger partial charge on any atom is -0.272 e. The summed E-state index contributed by atoms with van der Waals surface area (Å²) in [4.78, 5) is 0. The SMILES string of the molecule is Fc1cc(F)c(F)c(NN=Cc2ccc(C(F)(F)F)cc2)c1F. The molecule has 0 saturated heterocycles. The van der Waals surface area contributed by atoms with Crippen LogP contribution in [0.2, 0.25) is 0 Å². The number of rotatable bonds is 3. The van der Waals surface area contributed by atoms with E-state index in [4.69, 9.17) is 0 Å². The molecule has 2 rings (SSSR count). The van der Waals surface area contributed by atoms with Crippen LogP contribution in [0.3, 0.4) is 0 Å². The van der Waals surface area contributed by atoms with Crippen LogP contribution < -0.4 is 5.43 Å². The summed E-state index contributed by atoms with van der Waals surface area (Å²) in [6.45, 7) is 0. The molecule has 0 aromatic heterocycles. The lowest BCUT2D eigenvalue weighted by atomic mass is 10.1. The molecular formula is C14H7F7N2. The van der Waals surface area contributed by atoms with Gasteiger partial charge >= 0.3 is 6.18 Å². The smallest absolute Gasteiger partial charge is 0.272 e. The molecule has 0 saturated carbocycles. The van der Waals surface area contributed by atoms with Crippen LogP contribution in [0.5, 0.6) is 0 Å². The average Bonchev–Trinajstić information content (AvgIpc) is 2.48. The fourth-order valence-electron chi connectivity index (χ4n) is 1.60. The number of hydrazone groups is 1. The molecule has 2 aromatic rings. The van der Waals surface area contributed by atoms with Crippen LogP contribution in [-0.4, -0.2) is 6.21 Å². The third-order valence-corrected chi connectivity index (χ3v) is 2.74. The number of nitrogens with one attached hydrogen (secondary N) is 1. The van der Waals surface area contributed by atoms with Crippen molar-refractivity contribution in [2.45, 2.75) is 6.18 Å². The van der Waals surface area contributed by atoms with Gasteiger partial charge in [-0.1, -0.05) is 12.1 Å². The Bertz CT molecular complexity index is 710. The van der Waals surface area contributed by atoms with E-state index in [1.165, 1.54) is 0 Å². The Hall–Kier alpha value is -2.58. The molecule has 23 heavy (non-hydrogen) atoms. The maximum absolute atomic E-state index is 13.3. The zero-order valence-electron chi connectivity index (χ0n) is 11.1. The molecule has 122 valence electrons. The molecule has 1 N–H and O–H groups in total. The third kappa shape index (κ3) is 3.79. The molecule has 0 radical (unpaired) electrons. The predicted octanol–water partition coefficient (Wildman–Crippen LogP) is 4.71. The van der Waals surface area contributed by atoms with E-state index in [-0.39, 0.29) is 11.6 Å². The van der Waals surface area contributed by atoms with Crippen molar-refractivity contribution in [1.82, 2.24) is 0 Å². The van der Waals surface area contributed by atoms with E-state index >= 15 is 0 Å². The molecule has 0 fully saturated rings. The van der Waals surface area contributed by atoms with Crippen LogP contribution in [0.1, 0.15) is 11.1 Å². The van der Waals surface area contributed by atoms with Crippen LogP contribution in [0.25, 0.3) is 0 Å². The maximum Gasteiger partial charge on any atom is 0.416 e. The zero-order chi connectivity index (χ0) is 17.2. The summed E-state index contributed by atoms with van der Waals surface area (Å²) in [7, 11) is 0. The molecule has 0 spiro atoms. The van der Waals surface area contributed by atoms with Gasteiger partial charge in [0, 0.05) is 6.07 Å². The molecule has 0 bridgehead atoms. The van der Waals surface area contributed by atoms with Crippen molar-refractivity contribution in [2.24, 2.45) is 5.10 Å². The predicted molar refractivity (Wildman–Crippen MR) is 68.9 cm³/mol. The Balaban J connectivity index is 2.17. The van der Waals surface area contributed by atoms with Gasteiger partial charge in [-0.25, -0.2) is 17.6 Å². The molecule has 0 aliphatic rings. The second-order valence-corrected chi connectivity index (χ2v) is 4.33. The van der Waals surface area contributed by atoms with Gasteiger partial charge in [0.15, 0.2) is 23.3 Å². The van der Waals surface area contributed by atoms with Crippen LogP contribution in [0.15, 0.2) is 35.4 Å². The monoisotopic (exact) mass is 336 g/mol. The van der Waals surface area contributed by atoms with Gasteiger partial charge in [-0.15, -0.1) is 0 Å². The van der Waals surface area contributed by atoms with Crippen molar-refractivity contribution in [3.05, 3.63) is 64.7 Å². The minimum atomic E-state index is -4.50. The largest absolute Gasteiger partial charge is 0.416 e. The van der Waals surface area contributed by atoms with Gasteiger partial charge < -0.3 is 0 Å². The van der Waals surface area contributed by atoms with Gasteiger partial charge in [0.05, 0.1) is 11.8 Å². The first kappa shape index (κ1) is 16.8. The lowest BCUT2D eigenvalue weighted by Crippen LogP contribution is -2.04. The molecular weight excluding hydrogens is 329 g/mol. The van der Waals surface area contributed by atoms with Gasteiger partial charge in [-0.2, -0.15) is 18.3 Å². The topological polar surface area (TPSA) is 24.4 Å². The Kier molecular flexibility index (Phi) is 4.57. The van der Waals surface area contributed by atoms with Crippen molar-refractivity contribution < 1.29 is 30.7 Å². The van der Waals surface area contributed by atoms with Crippen molar-refractivity contribution in [2.75, 3.05) is 5.43 Å². The molecule has 0 aliphatic carbocycles. The van der Waals surface area contributed by atoms with E-state index in [9.17, 15) is 30.7 Å². The summed E-state index contributed by atoms with van der Waals surface area (Å²) in [5, 5.41) is 3.34. The summed E-state index contributed by atoms with van der Waals surface area (Å²) in [5.74, 6) is -6.57. The summed E-state index contributed by atoms with van der Waals surface area (Å²) < 4.78 is 89.6. The highest BCUT2D eigenvalue weighted by Gasteiger charge is 2.29. The summed E-state index contributed by atoms with van der Waals surface area (Å²) in [6, 6.07) is 3.73. The fourth-order valence-corrected chi connectivity index (χ4v) is 1.60. The van der Waals surface area contributed by atoms with Crippen LogP contribution >= 0.6 is 0 Å². The molecule has 0 heterocycles. The number of halogens is 7. The number of nitrogens with zero attached hydrogens (tertiary/aromatic N) is 1. The van der Waals surface area contributed by atoms with E-state index in [0.717, 1.165) is 30.5 Å². The first-order valence-corrected chi connectivity index (χ1v) is 5.99. The molecule has 2 nitrogen and oxygen atoms in total. The van der Waals surface area contributed by atoms with E-state index in [1.807, 2.05) is 0 Å². The third-order valence-electron chi connectivity index (χ3n) is 2.74. The minimum absolute atomic E-state index is 0.0371. The highest BCUT2D eigenvalue weighted by atomic mass is 19.4. The number of hydrogen-bond donors (Lipinski definition) is 1. The summed E-state index contributed by atoms with van der Waals surface area (Å²) in [5.41, 5.74) is -0.0870. The Morgan fingerprint density at radius 2 is 1.39 bits per heavy atom. The number of benzene rings is 2. The van der Waals surface area contributed by atoms with Gasteiger partial charge in [-0.3, -0.25) is 5.43 Å². The van der Waals surface area contributed by atoms with Crippen molar-refractivity contribution in [3.8, 4) is 0 Å². The normalized spacial score (nSPS) is 12.0. The highest BCUT2D eigenvalue weighted by Crippen LogP contribution is 2.29. The second-order valence-electron chi connectivity index (χ2n) is 4.33. The number of alkyl halides is 3. The Morgan fingerprint density at radius 1 is 0.870 bits per heavy atom. The average molecular weight is 336 g/mol. The molecule has 0 unspecified atom stereocenters. The van der Waals surface area contributed by atoms with Gasteiger partial charge in [0.25, 0.3) is 0 Å². The Morgan fingerprint density at radius 3 is 1.87 bits per heavy atom. The standard InChI is InChI=1S/C14H7F7N2/c15-9-5-10(16)12(18)13(11(9)17)23-22-6-7-1-3-8(4-2-7)14(19,20)21/h1-6,23H. The quantitative estimate of drug-likeness (QED) is 0.373. The fraction of sp³-hybridized carbons (Fsp3) is 0.0714. The van der Waals surface area contributed by atoms with Crippen molar-refractivity contribution >= 4 is 11.9 Å². The summed E-state index contributed by atoms with van der Waals surface area (Å²) in [6.07, 6.45) is -3.57. The number of hydrogen-bond acceptors (Lipinski definition) is 2.